The van der Waals surface area contributed by atoms with Gasteiger partial charge in [-0.05, 0) is 26.2 Å². The predicted octanol–water partition coefficient (Wildman–Crippen LogP) is -3.88. The Kier molecular flexibility index (Phi) is 13.2. The van der Waals surface area contributed by atoms with Crippen LogP contribution in [0.2, 0.25) is 0 Å². The molecular weight excluding hydrogens is 506 g/mol. The van der Waals surface area contributed by atoms with E-state index in [-0.39, 0.29) is 25.3 Å². The number of hydrogen-bond acceptors (Lipinski definition) is 9. The van der Waals surface area contributed by atoms with Crippen molar-refractivity contribution in [3.05, 3.63) is 18.2 Å². The minimum absolute atomic E-state index is 0.112. The number of aliphatic imine (C=N–C) groups is 1. The molecule has 3 amide bonds. The average Bonchev–Trinajstić information content (AvgIpc) is 3.34. The second kappa shape index (κ2) is 15.8. The molecule has 0 fully saturated rings. The lowest BCUT2D eigenvalue weighted by atomic mass is 10.1. The molecule has 0 bridgehead atoms. The number of aliphatic hydroxyl groups is 1. The van der Waals surface area contributed by atoms with E-state index >= 15 is 0 Å². The maximum absolute atomic E-state index is 13.0. The van der Waals surface area contributed by atoms with Crippen molar-refractivity contribution in [3.8, 4) is 0 Å². The minimum Gasteiger partial charge on any atom is -0.481 e. The number of aromatic nitrogens is 2. The van der Waals surface area contributed by atoms with E-state index in [1.54, 1.807) is 0 Å². The lowest BCUT2D eigenvalue weighted by molar-refractivity contribution is -0.143. The number of carbonyl (C=O) groups is 5. The highest BCUT2D eigenvalue weighted by atomic mass is 16.4. The number of carboxylic acids is 2. The van der Waals surface area contributed by atoms with E-state index in [4.69, 9.17) is 22.3 Å². The lowest BCUT2D eigenvalue weighted by Crippen LogP contribution is -2.60. The number of hydrogen-bond donors (Lipinski definition) is 10. The molecule has 0 radical (unpaired) electrons. The number of carbonyl (C=O) groups excluding carboxylic acids is 3. The van der Waals surface area contributed by atoms with Crippen molar-refractivity contribution in [2.45, 2.75) is 69.3 Å². The number of rotatable bonds is 17. The maximum Gasteiger partial charge on any atom is 0.326 e. The fourth-order valence-electron chi connectivity index (χ4n) is 3.20. The van der Waals surface area contributed by atoms with Gasteiger partial charge in [-0.15, -0.1) is 0 Å². The van der Waals surface area contributed by atoms with E-state index in [1.165, 1.54) is 19.4 Å². The number of amides is 3. The third-order valence-electron chi connectivity index (χ3n) is 5.24. The standard InChI is InChI=1S/C21H35N9O8/c1-10(31)16(30-17(34)12(22)3-2-6-26-21(23)24)19(36)29-14(7-11-8-25-9-27-11)18(35)28-13(20(37)38)4-5-15(32)33/h8-10,12-14,16,31H,2-7,22H2,1H3,(H,25,27)(H,28,35)(H,29,36)(H,30,34)(H,32,33)(H,37,38)(H4,23,24,26). The summed E-state index contributed by atoms with van der Waals surface area (Å²) in [6.45, 7) is 1.48. The summed E-state index contributed by atoms with van der Waals surface area (Å²) in [7, 11) is 0. The predicted molar refractivity (Wildman–Crippen MR) is 132 cm³/mol. The van der Waals surface area contributed by atoms with Crippen molar-refractivity contribution >= 4 is 35.6 Å². The van der Waals surface area contributed by atoms with Crippen LogP contribution >= 0.6 is 0 Å². The zero-order chi connectivity index (χ0) is 28.8. The summed E-state index contributed by atoms with van der Waals surface area (Å²) >= 11 is 0. The fourth-order valence-corrected chi connectivity index (χ4v) is 3.20. The van der Waals surface area contributed by atoms with Gasteiger partial charge < -0.3 is 53.5 Å². The molecule has 5 atom stereocenters. The van der Waals surface area contributed by atoms with Crippen LogP contribution in [0, 0.1) is 0 Å². The molecule has 0 aromatic carbocycles. The van der Waals surface area contributed by atoms with Crippen LogP contribution < -0.4 is 33.2 Å². The first-order valence-electron chi connectivity index (χ1n) is 11.6. The molecule has 0 saturated heterocycles. The third-order valence-corrected chi connectivity index (χ3v) is 5.24. The summed E-state index contributed by atoms with van der Waals surface area (Å²) in [5, 5.41) is 35.2. The van der Waals surface area contributed by atoms with Crippen molar-refractivity contribution in [1.82, 2.24) is 25.9 Å². The Morgan fingerprint density at radius 3 is 2.21 bits per heavy atom. The van der Waals surface area contributed by atoms with E-state index in [9.17, 15) is 34.2 Å². The van der Waals surface area contributed by atoms with E-state index in [2.05, 4.69) is 30.9 Å². The van der Waals surface area contributed by atoms with Gasteiger partial charge in [0.15, 0.2) is 5.96 Å². The van der Waals surface area contributed by atoms with Crippen molar-refractivity contribution in [1.29, 1.82) is 0 Å². The molecule has 212 valence electrons. The fraction of sp³-hybridized carbons (Fsp3) is 0.571. The Bertz CT molecular complexity index is 979. The maximum atomic E-state index is 13.0. The summed E-state index contributed by atoms with van der Waals surface area (Å²) < 4.78 is 0. The van der Waals surface area contributed by atoms with E-state index in [0.29, 0.717) is 12.1 Å². The summed E-state index contributed by atoms with van der Waals surface area (Å²) in [5.74, 6) is -5.45. The normalized spacial score (nSPS) is 14.7. The number of guanidine groups is 1. The number of aliphatic carboxylic acids is 2. The number of aliphatic hydroxyl groups excluding tert-OH is 1. The molecule has 1 rings (SSSR count). The van der Waals surface area contributed by atoms with Crippen LogP contribution in [0.1, 0.15) is 38.3 Å². The molecule has 0 saturated carbocycles. The van der Waals surface area contributed by atoms with Gasteiger partial charge in [0, 0.05) is 31.3 Å². The molecule has 13 N–H and O–H groups in total. The zero-order valence-corrected chi connectivity index (χ0v) is 20.8. The first-order valence-corrected chi connectivity index (χ1v) is 11.6. The Morgan fingerprint density at radius 2 is 1.68 bits per heavy atom. The molecule has 38 heavy (non-hydrogen) atoms. The number of nitrogens with one attached hydrogen (secondary N) is 4. The Morgan fingerprint density at radius 1 is 1.03 bits per heavy atom. The summed E-state index contributed by atoms with van der Waals surface area (Å²) in [5.41, 5.74) is 16.7. The van der Waals surface area contributed by atoms with Crippen LogP contribution in [0.25, 0.3) is 0 Å². The zero-order valence-electron chi connectivity index (χ0n) is 20.8. The number of carboxylic acid groups (broad SMARTS) is 2. The number of H-pyrrole nitrogens is 1. The Balaban J connectivity index is 2.95. The van der Waals surface area contributed by atoms with Gasteiger partial charge in [-0.3, -0.25) is 24.2 Å². The first-order chi connectivity index (χ1) is 17.8. The first kappa shape index (κ1) is 31.8. The smallest absolute Gasteiger partial charge is 0.326 e. The van der Waals surface area contributed by atoms with Gasteiger partial charge in [0.2, 0.25) is 17.7 Å². The van der Waals surface area contributed by atoms with Crippen LogP contribution in [0.4, 0.5) is 0 Å². The average molecular weight is 542 g/mol. The molecular formula is C21H35N9O8. The molecule has 1 aromatic heterocycles. The largest absolute Gasteiger partial charge is 0.481 e. The molecule has 0 aliphatic heterocycles. The second-order valence-electron chi connectivity index (χ2n) is 8.46. The number of aromatic amines is 1. The van der Waals surface area contributed by atoms with Crippen LogP contribution in [0.5, 0.6) is 0 Å². The van der Waals surface area contributed by atoms with E-state index in [1.807, 2.05) is 0 Å². The number of nitrogens with zero attached hydrogens (tertiary/aromatic N) is 2. The van der Waals surface area contributed by atoms with Gasteiger partial charge in [-0.2, -0.15) is 0 Å². The highest BCUT2D eigenvalue weighted by Crippen LogP contribution is 2.05. The minimum atomic E-state index is -1.54. The Hall–Kier alpha value is -4.25. The molecule has 0 aliphatic rings. The molecule has 17 nitrogen and oxygen atoms in total. The molecule has 1 aromatic rings. The molecule has 0 aliphatic carbocycles. The van der Waals surface area contributed by atoms with Crippen molar-refractivity contribution in [2.24, 2.45) is 22.2 Å². The monoisotopic (exact) mass is 541 g/mol. The molecule has 0 spiro atoms. The van der Waals surface area contributed by atoms with Crippen molar-refractivity contribution < 1.29 is 39.3 Å². The number of imidazole rings is 1. The van der Waals surface area contributed by atoms with Gasteiger partial charge in [-0.25, -0.2) is 9.78 Å². The van der Waals surface area contributed by atoms with E-state index < -0.39 is 72.8 Å². The molecule has 17 heteroatoms. The van der Waals surface area contributed by atoms with Gasteiger partial charge in [0.05, 0.1) is 18.5 Å². The van der Waals surface area contributed by atoms with Gasteiger partial charge >= 0.3 is 11.9 Å². The van der Waals surface area contributed by atoms with Crippen molar-refractivity contribution in [2.75, 3.05) is 6.54 Å². The third kappa shape index (κ3) is 11.7. The summed E-state index contributed by atoms with van der Waals surface area (Å²) in [4.78, 5) is 71.1. The van der Waals surface area contributed by atoms with Gasteiger partial charge in [0.25, 0.3) is 0 Å². The van der Waals surface area contributed by atoms with Crippen molar-refractivity contribution in [3.63, 3.8) is 0 Å². The van der Waals surface area contributed by atoms with Crippen LogP contribution in [-0.2, 0) is 30.4 Å². The van der Waals surface area contributed by atoms with Gasteiger partial charge in [0.1, 0.15) is 18.1 Å². The summed E-state index contributed by atoms with van der Waals surface area (Å²) in [6, 6.07) is -5.47. The highest BCUT2D eigenvalue weighted by molar-refractivity contribution is 5.94. The lowest BCUT2D eigenvalue weighted by Gasteiger charge is -2.26. The second-order valence-corrected chi connectivity index (χ2v) is 8.46. The SMILES string of the molecule is CC(O)C(NC(=O)C(N)CCCN=C(N)N)C(=O)NC(Cc1cnc[nH]1)C(=O)NC(CCC(=O)O)C(=O)O. The Labute approximate surface area is 217 Å². The molecule has 5 unspecified atom stereocenters. The molecule has 1 heterocycles. The van der Waals surface area contributed by atoms with Crippen LogP contribution in [-0.4, -0.2) is 97.7 Å². The summed E-state index contributed by atoms with van der Waals surface area (Å²) in [6.07, 6.45) is 0.782. The highest BCUT2D eigenvalue weighted by Gasteiger charge is 2.32. The topological polar surface area (TPSA) is 301 Å². The number of nitrogens with two attached hydrogens (primary N) is 3. The van der Waals surface area contributed by atoms with Gasteiger partial charge in [-0.1, -0.05) is 0 Å². The van der Waals surface area contributed by atoms with E-state index in [0.717, 1.165) is 0 Å². The van der Waals surface area contributed by atoms with Crippen LogP contribution in [0.15, 0.2) is 17.5 Å². The quantitative estimate of drug-likeness (QED) is 0.0514. The van der Waals surface area contributed by atoms with Crippen LogP contribution in [0.3, 0.4) is 0 Å².